The van der Waals surface area contributed by atoms with E-state index >= 15 is 4.39 Å². The summed E-state index contributed by atoms with van der Waals surface area (Å²) >= 11 is 0. The van der Waals surface area contributed by atoms with Crippen LogP contribution in [-0.4, -0.2) is 137 Å². The topological polar surface area (TPSA) is 221 Å². The van der Waals surface area contributed by atoms with Crippen molar-refractivity contribution in [2.75, 3.05) is 55.7 Å². The van der Waals surface area contributed by atoms with Crippen LogP contribution in [0.2, 0.25) is 0 Å². The summed E-state index contributed by atoms with van der Waals surface area (Å²) in [7, 11) is 1.67. The van der Waals surface area contributed by atoms with Gasteiger partial charge >= 0.3 is 5.69 Å². The van der Waals surface area contributed by atoms with Crippen LogP contribution >= 0.6 is 0 Å². The summed E-state index contributed by atoms with van der Waals surface area (Å²) in [5.41, 5.74) is 12.1. The summed E-state index contributed by atoms with van der Waals surface area (Å²) < 4.78 is 58.4. The summed E-state index contributed by atoms with van der Waals surface area (Å²) in [6.45, 7) is 3.99. The number of morpholine rings is 1. The minimum atomic E-state index is -3.05. The van der Waals surface area contributed by atoms with Crippen molar-refractivity contribution >= 4 is 52.0 Å². The molecular weight excluding hydrogens is 850 g/mol. The van der Waals surface area contributed by atoms with Crippen molar-refractivity contribution < 1.29 is 37.0 Å². The molecule has 9 rings (SSSR count). The van der Waals surface area contributed by atoms with E-state index in [1.54, 1.807) is 19.2 Å². The maximum atomic E-state index is 15.6. The maximum Gasteiger partial charge on any atom is 0.329 e. The van der Waals surface area contributed by atoms with Crippen molar-refractivity contribution in [1.29, 1.82) is 0 Å². The molecule has 6 aliphatic rings. The number of hydrogen-bond acceptors (Lipinski definition) is 14. The van der Waals surface area contributed by atoms with Crippen LogP contribution < -0.4 is 37.6 Å². The number of nitrogens with two attached hydrogens (primary N) is 2. The van der Waals surface area contributed by atoms with Gasteiger partial charge in [0.15, 0.2) is 5.82 Å². The van der Waals surface area contributed by atoms with Crippen molar-refractivity contribution in [3.8, 4) is 0 Å². The second kappa shape index (κ2) is 18.6. The number of carbonyl (C=O) groups excluding carboxylic acids is 3. The zero-order valence-corrected chi connectivity index (χ0v) is 36.2. The van der Waals surface area contributed by atoms with E-state index in [-0.39, 0.29) is 72.4 Å². The first-order chi connectivity index (χ1) is 31.3. The van der Waals surface area contributed by atoms with Crippen molar-refractivity contribution in [2.24, 2.45) is 29.4 Å². The third-order valence-corrected chi connectivity index (χ3v) is 13.8. The molecule has 7 heterocycles. The lowest BCUT2D eigenvalue weighted by atomic mass is 9.85. The minimum absolute atomic E-state index is 0.0428. The van der Waals surface area contributed by atoms with Crippen LogP contribution in [-0.2, 0) is 30.9 Å². The Balaban J connectivity index is 0.736. The summed E-state index contributed by atoms with van der Waals surface area (Å²) in [5.74, 6) is -0.668. The fraction of sp³-hybridized carbons (Fsp3) is 0.568. The highest BCUT2D eigenvalue weighted by molar-refractivity contribution is 6.19. The van der Waals surface area contributed by atoms with Crippen LogP contribution in [0.5, 0.6) is 0 Å². The Morgan fingerprint density at radius 2 is 1.89 bits per heavy atom. The predicted octanol–water partition coefficient (Wildman–Crippen LogP) is 1.88. The normalized spacial score (nSPS) is 28.3. The van der Waals surface area contributed by atoms with Crippen molar-refractivity contribution in [2.45, 2.75) is 100 Å². The molecule has 3 aromatic rings. The number of rotatable bonds is 13. The SMILES string of the molecule is Cn1c(=O)n(C2CCC(=O)NC2=O)c2cccc(N3CC(O[C@@H]4CCN(CC5CCC(N=C/C(NC(=O)/C(=C/N)c6nccc(N7C[C@H]8C[C@@H]7CO8)n6)=C(\N)C(F)F)CC5)C[C@H]4F)C3)c21. The van der Waals surface area contributed by atoms with Gasteiger partial charge in [-0.05, 0) is 69.1 Å². The Morgan fingerprint density at radius 1 is 1.09 bits per heavy atom. The van der Waals surface area contributed by atoms with E-state index in [9.17, 15) is 28.0 Å². The molecule has 6 fully saturated rings. The summed E-state index contributed by atoms with van der Waals surface area (Å²) in [6.07, 6.45) is 3.82. The highest BCUT2D eigenvalue weighted by atomic mass is 19.3. The molecule has 3 amide bonds. The van der Waals surface area contributed by atoms with Gasteiger partial charge in [-0.15, -0.1) is 0 Å². The molecule has 2 bridgehead atoms. The Hall–Kier alpha value is -5.80. The number of benzene rings is 1. The number of nitrogens with one attached hydrogen (secondary N) is 2. The zero-order chi connectivity index (χ0) is 45.5. The number of aryl methyl sites for hydroxylation is 1. The summed E-state index contributed by atoms with van der Waals surface area (Å²) in [4.78, 5) is 70.9. The first kappa shape index (κ1) is 44.4. The number of halogens is 3. The van der Waals surface area contributed by atoms with Gasteiger partial charge in [0.05, 0.1) is 65.0 Å². The number of para-hydroxylation sites is 1. The Labute approximate surface area is 372 Å². The highest BCUT2D eigenvalue weighted by Crippen LogP contribution is 2.35. The van der Waals surface area contributed by atoms with E-state index in [0.29, 0.717) is 74.8 Å². The molecule has 5 aliphatic heterocycles. The van der Waals surface area contributed by atoms with E-state index in [0.717, 1.165) is 37.7 Å². The fourth-order valence-electron chi connectivity index (χ4n) is 10.2. The molecule has 18 nitrogen and oxygen atoms in total. The van der Waals surface area contributed by atoms with Crippen molar-refractivity contribution in [1.82, 2.24) is 34.6 Å². The number of likely N-dealkylation sites (tertiary alicyclic amines) is 1. The van der Waals surface area contributed by atoms with Gasteiger partial charge < -0.3 is 36.1 Å². The van der Waals surface area contributed by atoms with Gasteiger partial charge in [0.25, 0.3) is 12.3 Å². The van der Waals surface area contributed by atoms with Gasteiger partial charge in [0, 0.05) is 71.3 Å². The van der Waals surface area contributed by atoms with Crippen LogP contribution in [0.4, 0.5) is 24.7 Å². The molecule has 6 N–H and O–H groups in total. The third kappa shape index (κ3) is 9.09. The number of aliphatic imine (C=N–C) groups is 1. The van der Waals surface area contributed by atoms with Gasteiger partial charge in [-0.2, -0.15) is 0 Å². The summed E-state index contributed by atoms with van der Waals surface area (Å²) in [5, 5.41) is 4.81. The maximum absolute atomic E-state index is 15.6. The van der Waals surface area contributed by atoms with Crippen LogP contribution in [0.3, 0.4) is 0 Å². The Kier molecular flexibility index (Phi) is 12.7. The Bertz CT molecular complexity index is 2460. The number of nitrogens with zero attached hydrogens (tertiary/aromatic N) is 8. The molecule has 5 saturated heterocycles. The van der Waals surface area contributed by atoms with E-state index in [1.807, 2.05) is 12.1 Å². The number of carbonyl (C=O) groups is 3. The monoisotopic (exact) mass is 904 g/mol. The zero-order valence-electron chi connectivity index (χ0n) is 36.2. The number of imide groups is 1. The standard InChI is InChI=1S/C44H55F3N12O6/c1-55-39-32(3-2-4-33(39)59(44(55)63)34-9-10-37(60)54-43(34)62)57-19-28(20-57)65-35-12-14-56(22-30(35)45)18-24-5-7-25(8-6-24)51-17-31(38(49)40(46)47)52-42(61)29(16-48)41-50-13-11-36(53-41)58-21-27-15-26(58)23-64-27/h2-4,11,13,16-17,24-28,30,34-35,40H,5-10,12,14-15,18-23,48-49H2,1H3,(H,52,61)(H,54,60,62)/b29-16+,38-31+,51-17?/t24?,25?,26-,27-,30-,34?,35-/m1/s1. The molecule has 1 saturated carbocycles. The van der Waals surface area contributed by atoms with Crippen LogP contribution in [0.1, 0.15) is 63.2 Å². The molecule has 1 aromatic carbocycles. The van der Waals surface area contributed by atoms with Gasteiger partial charge in [-0.25, -0.2) is 27.9 Å². The molecule has 1 unspecified atom stereocenters. The first-order valence-corrected chi connectivity index (χ1v) is 22.4. The molecule has 5 atom stereocenters. The molecule has 348 valence electrons. The third-order valence-electron chi connectivity index (χ3n) is 13.8. The van der Waals surface area contributed by atoms with Gasteiger partial charge in [0.1, 0.15) is 23.7 Å². The smallest absolute Gasteiger partial charge is 0.329 e. The van der Waals surface area contributed by atoms with Crippen LogP contribution in [0, 0.1) is 5.92 Å². The second-order valence-electron chi connectivity index (χ2n) is 18.0. The van der Waals surface area contributed by atoms with Crippen LogP contribution in [0.15, 0.2) is 57.8 Å². The Morgan fingerprint density at radius 3 is 2.58 bits per heavy atom. The van der Waals surface area contributed by atoms with Crippen molar-refractivity contribution in [3.05, 3.63) is 64.4 Å². The second-order valence-corrected chi connectivity index (χ2v) is 18.0. The number of aromatic nitrogens is 4. The number of hydrogen-bond donors (Lipinski definition) is 4. The molecule has 0 radical (unpaired) electrons. The summed E-state index contributed by atoms with van der Waals surface area (Å²) in [6, 6.07) is 6.52. The molecule has 65 heavy (non-hydrogen) atoms. The average Bonchev–Trinajstić information content (AvgIpc) is 3.99. The number of piperidine rings is 2. The number of fused-ring (bicyclic) bond motifs is 3. The first-order valence-electron chi connectivity index (χ1n) is 22.4. The number of alkyl halides is 3. The molecule has 1 aliphatic carbocycles. The molecule has 2 aromatic heterocycles. The highest BCUT2D eigenvalue weighted by Gasteiger charge is 2.41. The number of ether oxygens (including phenoxy) is 2. The number of imidazole rings is 1. The lowest BCUT2D eigenvalue weighted by molar-refractivity contribution is -0.135. The minimum Gasteiger partial charge on any atom is -0.404 e. The van der Waals surface area contributed by atoms with Crippen LogP contribution in [0.25, 0.3) is 16.6 Å². The van der Waals surface area contributed by atoms with Gasteiger partial charge in [-0.1, -0.05) is 6.07 Å². The molecular formula is C44H55F3N12O6. The number of allylic oxidation sites excluding steroid dienone is 2. The van der Waals surface area contributed by atoms with Crippen molar-refractivity contribution in [3.63, 3.8) is 0 Å². The van der Waals surface area contributed by atoms with E-state index in [2.05, 4.69) is 40.3 Å². The van der Waals surface area contributed by atoms with E-state index < -0.39 is 42.3 Å². The lowest BCUT2D eigenvalue weighted by Crippen LogP contribution is -2.56. The average molecular weight is 905 g/mol. The van der Waals surface area contributed by atoms with Gasteiger partial charge in [0.2, 0.25) is 11.8 Å². The molecule has 0 spiro atoms. The molecule has 21 heteroatoms. The number of anilines is 2. The van der Waals surface area contributed by atoms with Gasteiger partial charge in [-0.3, -0.25) is 38.7 Å². The van der Waals surface area contributed by atoms with E-state index in [1.165, 1.54) is 21.5 Å². The predicted molar refractivity (Wildman–Crippen MR) is 235 cm³/mol. The fourth-order valence-corrected chi connectivity index (χ4v) is 10.2. The number of amides is 3. The largest absolute Gasteiger partial charge is 0.404 e. The van der Waals surface area contributed by atoms with E-state index in [4.69, 9.17) is 20.9 Å². The quantitative estimate of drug-likeness (QED) is 0.110. The lowest BCUT2D eigenvalue weighted by Gasteiger charge is -2.44.